The van der Waals surface area contributed by atoms with Crippen molar-refractivity contribution in [2.24, 2.45) is 0 Å². The Kier molecular flexibility index (Phi) is 12.6. The smallest absolute Gasteiger partial charge is 0.0541 e. The zero-order chi connectivity index (χ0) is 51.1. The molecule has 0 atom stereocenters. The third kappa shape index (κ3) is 8.16. The van der Waals surface area contributed by atoms with E-state index in [1.165, 1.54) is 105 Å². The topological polar surface area (TPSA) is 8.17 Å². The zero-order valence-corrected chi connectivity index (χ0v) is 44.0. The van der Waals surface area contributed by atoms with Gasteiger partial charge in [-0.3, -0.25) is 0 Å². The predicted octanol–water partition coefficient (Wildman–Crippen LogP) is 20.5. The van der Waals surface area contributed by atoms with Gasteiger partial charge in [0.15, 0.2) is 0 Å². The van der Waals surface area contributed by atoms with Gasteiger partial charge >= 0.3 is 0 Å². The van der Waals surface area contributed by atoms with Crippen LogP contribution in [-0.2, 0) is 10.8 Å². The molecule has 362 valence electrons. The second-order valence-electron chi connectivity index (χ2n) is 20.4. The third-order valence-electron chi connectivity index (χ3n) is 15.6. The van der Waals surface area contributed by atoms with Crippen LogP contribution >= 0.6 is 0 Å². The molecule has 0 radical (unpaired) electrons. The Bertz CT molecular complexity index is 3740. The molecule has 0 unspecified atom stereocenters. The summed E-state index contributed by atoms with van der Waals surface area (Å²) in [6.07, 6.45) is 4.00. The summed E-state index contributed by atoms with van der Waals surface area (Å²) in [6, 6.07) is 85.4. The molecule has 1 aromatic heterocycles. The zero-order valence-electron chi connectivity index (χ0n) is 44.0. The third-order valence-corrected chi connectivity index (χ3v) is 15.6. The number of aromatic nitrogens is 1. The van der Waals surface area contributed by atoms with Crippen molar-refractivity contribution in [2.75, 3.05) is 4.90 Å². The van der Waals surface area contributed by atoms with Gasteiger partial charge in [0.2, 0.25) is 0 Å². The second kappa shape index (κ2) is 19.5. The van der Waals surface area contributed by atoms with Gasteiger partial charge in [0.25, 0.3) is 0 Å². The number of para-hydroxylation sites is 2. The largest absolute Gasteiger partial charge is 0.310 e. The van der Waals surface area contributed by atoms with E-state index in [-0.39, 0.29) is 10.8 Å². The van der Waals surface area contributed by atoms with Crippen LogP contribution in [0.1, 0.15) is 77.6 Å². The molecule has 11 aromatic rings. The van der Waals surface area contributed by atoms with E-state index < -0.39 is 0 Å². The van der Waals surface area contributed by atoms with Crippen LogP contribution in [-0.4, -0.2) is 4.57 Å². The molecule has 1 heterocycles. The van der Waals surface area contributed by atoms with Gasteiger partial charge in [-0.1, -0.05) is 217 Å². The lowest BCUT2D eigenvalue weighted by molar-refractivity contribution is 0.660. The van der Waals surface area contributed by atoms with Gasteiger partial charge in [-0.25, -0.2) is 0 Å². The van der Waals surface area contributed by atoms with Crippen LogP contribution in [0.25, 0.3) is 83.1 Å². The minimum absolute atomic E-state index is 0.103. The van der Waals surface area contributed by atoms with E-state index in [1.54, 1.807) is 0 Å². The first-order chi connectivity index (χ1) is 36.1. The second-order valence-corrected chi connectivity index (χ2v) is 20.4. The highest BCUT2D eigenvalue weighted by molar-refractivity contribution is 6.10. The fourth-order valence-electron chi connectivity index (χ4n) is 11.6. The molecule has 0 spiro atoms. The fourth-order valence-corrected chi connectivity index (χ4v) is 11.6. The minimum Gasteiger partial charge on any atom is -0.310 e. The standard InChI is InChI=1S/C66H50N2.C4H8.C2H6/c1-65(2)59-19-11-8-16-53(59)55-37-35-51(41-61(55)65)67(52-36-38-56-54-17-9-12-20-60(54)66(3,4)62(56)42-52)50-33-30-46(31-34-50)45-24-22-43(23-25-45)44-26-28-47(29-27-44)48-32-39-64-58(40-48)57-18-10-13-21-63(57)68(64)49-14-6-5-7-15-49;1-3-4-2;1-2/h5-42H,1-4H3;3-4H,1-2H3;1-2H3/b;4-3-;. The van der Waals surface area contributed by atoms with Crippen molar-refractivity contribution < 1.29 is 0 Å². The Labute approximate surface area is 438 Å². The van der Waals surface area contributed by atoms with Gasteiger partial charge < -0.3 is 9.47 Å². The monoisotopic (exact) mass is 957 g/mol. The number of allylic oxidation sites excluding steroid dienone is 2. The molecule has 0 N–H and O–H groups in total. The highest BCUT2D eigenvalue weighted by Crippen LogP contribution is 2.53. The highest BCUT2D eigenvalue weighted by Gasteiger charge is 2.37. The molecule has 0 amide bonds. The molecule has 0 saturated heterocycles. The van der Waals surface area contributed by atoms with E-state index in [2.05, 4.69) is 268 Å². The number of hydrogen-bond donors (Lipinski definition) is 0. The molecule has 2 heteroatoms. The van der Waals surface area contributed by atoms with E-state index in [9.17, 15) is 0 Å². The van der Waals surface area contributed by atoms with E-state index in [4.69, 9.17) is 0 Å². The summed E-state index contributed by atoms with van der Waals surface area (Å²) in [4.78, 5) is 2.45. The van der Waals surface area contributed by atoms with Crippen LogP contribution in [0, 0.1) is 0 Å². The number of anilines is 3. The summed E-state index contributed by atoms with van der Waals surface area (Å²) in [5.41, 5.74) is 24.9. The average molecular weight is 957 g/mol. The van der Waals surface area contributed by atoms with Crippen molar-refractivity contribution in [3.8, 4) is 61.3 Å². The van der Waals surface area contributed by atoms with Crippen LogP contribution in [0.4, 0.5) is 17.1 Å². The van der Waals surface area contributed by atoms with Crippen molar-refractivity contribution in [1.29, 1.82) is 0 Å². The van der Waals surface area contributed by atoms with Gasteiger partial charge in [-0.05, 0) is 158 Å². The molecule has 0 saturated carbocycles. The summed E-state index contributed by atoms with van der Waals surface area (Å²) >= 11 is 0. The SMILES string of the molecule is C/C=C\C.CC.CC1(C)c2ccccc2-c2ccc(N(c3ccc(-c4ccc(-c5ccc(-c6ccc7c(c6)c6ccccc6n7-c6ccccc6)cc5)cc4)cc3)c3ccc4c(c3)C(C)(C)c3ccccc3-4)cc21. The average Bonchev–Trinajstić information content (AvgIpc) is 4.00. The van der Waals surface area contributed by atoms with Crippen molar-refractivity contribution >= 4 is 38.9 Å². The molecule has 2 nitrogen and oxygen atoms in total. The number of hydrogen-bond acceptors (Lipinski definition) is 1. The summed E-state index contributed by atoms with van der Waals surface area (Å²) in [5.74, 6) is 0. The van der Waals surface area contributed by atoms with E-state index in [0.717, 1.165) is 17.1 Å². The molecule has 0 aliphatic heterocycles. The minimum atomic E-state index is -0.103. The molecule has 0 fully saturated rings. The lowest BCUT2D eigenvalue weighted by Crippen LogP contribution is -2.18. The molecule has 2 aliphatic rings. The Morgan fingerprint density at radius 2 is 0.703 bits per heavy atom. The first-order valence-corrected chi connectivity index (χ1v) is 26.4. The molecular formula is C72H64N2. The van der Waals surface area contributed by atoms with E-state index in [1.807, 2.05) is 39.8 Å². The molecule has 2 aliphatic carbocycles. The molecule has 10 aromatic carbocycles. The van der Waals surface area contributed by atoms with Crippen molar-refractivity contribution in [1.82, 2.24) is 4.57 Å². The molecular weight excluding hydrogens is 893 g/mol. The van der Waals surface area contributed by atoms with Crippen LogP contribution in [0.15, 0.2) is 243 Å². The highest BCUT2D eigenvalue weighted by atomic mass is 15.1. The first kappa shape index (κ1) is 47.8. The summed E-state index contributed by atoms with van der Waals surface area (Å²) in [7, 11) is 0. The van der Waals surface area contributed by atoms with Gasteiger partial charge in [0.05, 0.1) is 11.0 Å². The van der Waals surface area contributed by atoms with Crippen LogP contribution < -0.4 is 4.90 Å². The van der Waals surface area contributed by atoms with Crippen LogP contribution in [0.5, 0.6) is 0 Å². The van der Waals surface area contributed by atoms with Gasteiger partial charge in [-0.2, -0.15) is 0 Å². The maximum Gasteiger partial charge on any atom is 0.0541 e. The maximum atomic E-state index is 2.45. The van der Waals surface area contributed by atoms with Crippen LogP contribution in [0.2, 0.25) is 0 Å². The first-order valence-electron chi connectivity index (χ1n) is 26.4. The van der Waals surface area contributed by atoms with Crippen LogP contribution in [0.3, 0.4) is 0 Å². The van der Waals surface area contributed by atoms with E-state index in [0.29, 0.717) is 0 Å². The van der Waals surface area contributed by atoms with Gasteiger partial charge in [-0.15, -0.1) is 0 Å². The molecule has 13 rings (SSSR count). The Hall–Kier alpha value is -8.46. The van der Waals surface area contributed by atoms with Crippen molar-refractivity contribution in [3.05, 3.63) is 265 Å². The Balaban J connectivity index is 0.000000937. The predicted molar refractivity (Wildman–Crippen MR) is 319 cm³/mol. The van der Waals surface area contributed by atoms with E-state index >= 15 is 0 Å². The van der Waals surface area contributed by atoms with Gasteiger partial charge in [0.1, 0.15) is 0 Å². The number of rotatable bonds is 7. The lowest BCUT2D eigenvalue weighted by atomic mass is 9.82. The van der Waals surface area contributed by atoms with Gasteiger partial charge in [0, 0.05) is 44.4 Å². The fraction of sp³-hybridized carbons (Fsp3) is 0.139. The summed E-state index contributed by atoms with van der Waals surface area (Å²) in [6.45, 7) is 17.5. The summed E-state index contributed by atoms with van der Waals surface area (Å²) in [5, 5.41) is 2.53. The van der Waals surface area contributed by atoms with Crippen molar-refractivity contribution in [2.45, 2.75) is 66.2 Å². The number of benzene rings is 10. The Morgan fingerprint density at radius 1 is 0.324 bits per heavy atom. The normalized spacial score (nSPS) is 13.3. The van der Waals surface area contributed by atoms with Crippen molar-refractivity contribution in [3.63, 3.8) is 0 Å². The number of fused-ring (bicyclic) bond motifs is 9. The maximum absolute atomic E-state index is 2.45. The summed E-state index contributed by atoms with van der Waals surface area (Å²) < 4.78 is 2.37. The lowest BCUT2D eigenvalue weighted by Gasteiger charge is -2.30. The molecule has 0 bridgehead atoms. The number of nitrogens with zero attached hydrogens (tertiary/aromatic N) is 2. The molecule has 74 heavy (non-hydrogen) atoms. The quantitative estimate of drug-likeness (QED) is 0.145. The Morgan fingerprint density at radius 3 is 1.20 bits per heavy atom.